The molecule has 0 amide bonds. The smallest absolute Gasteiger partial charge is 0.128 e. The highest BCUT2D eigenvalue weighted by atomic mass is 19.1. The third-order valence-corrected chi connectivity index (χ3v) is 3.13. The van der Waals surface area contributed by atoms with Gasteiger partial charge < -0.3 is 5.32 Å². The minimum Gasteiger partial charge on any atom is -0.313 e. The second-order valence-corrected chi connectivity index (χ2v) is 4.55. The summed E-state index contributed by atoms with van der Waals surface area (Å²) < 4.78 is 27.2. The van der Waals surface area contributed by atoms with E-state index < -0.39 is 0 Å². The van der Waals surface area contributed by atoms with E-state index in [1.807, 2.05) is 19.9 Å². The third kappa shape index (κ3) is 3.18. The van der Waals surface area contributed by atoms with Gasteiger partial charge in [0.15, 0.2) is 0 Å². The van der Waals surface area contributed by atoms with Crippen molar-refractivity contribution in [2.45, 2.75) is 20.4 Å². The molecule has 2 aromatic carbocycles. The van der Waals surface area contributed by atoms with Gasteiger partial charge in [0.1, 0.15) is 11.6 Å². The normalized spacial score (nSPS) is 10.7. The van der Waals surface area contributed by atoms with Gasteiger partial charge in [-0.3, -0.25) is 0 Å². The van der Waals surface area contributed by atoms with Gasteiger partial charge >= 0.3 is 0 Å². The van der Waals surface area contributed by atoms with Crippen LogP contribution in [0, 0.1) is 18.6 Å². The molecular formula is C16H17F2N. The summed E-state index contributed by atoms with van der Waals surface area (Å²) in [5, 5.41) is 3.09. The molecule has 19 heavy (non-hydrogen) atoms. The lowest BCUT2D eigenvalue weighted by Gasteiger charge is -2.09. The predicted molar refractivity (Wildman–Crippen MR) is 73.9 cm³/mol. The molecule has 0 saturated heterocycles. The van der Waals surface area contributed by atoms with E-state index in [9.17, 15) is 8.78 Å². The fraction of sp³-hybridized carbons (Fsp3) is 0.250. The van der Waals surface area contributed by atoms with Crippen LogP contribution in [0.25, 0.3) is 11.1 Å². The standard InChI is InChI=1S/C16H17F2N/c1-3-19-10-13-6-5-12(8-16(13)18)15-9-14(17)7-4-11(15)2/h4-9,19H,3,10H2,1-2H3. The zero-order chi connectivity index (χ0) is 13.8. The van der Waals surface area contributed by atoms with Crippen molar-refractivity contribution in [3.8, 4) is 11.1 Å². The molecule has 3 heteroatoms. The molecule has 0 aliphatic carbocycles. The van der Waals surface area contributed by atoms with Crippen molar-refractivity contribution in [2.75, 3.05) is 6.54 Å². The first kappa shape index (κ1) is 13.7. The molecular weight excluding hydrogens is 244 g/mol. The highest BCUT2D eigenvalue weighted by molar-refractivity contribution is 5.67. The van der Waals surface area contributed by atoms with Gasteiger partial charge in [0.2, 0.25) is 0 Å². The van der Waals surface area contributed by atoms with Crippen molar-refractivity contribution in [3.63, 3.8) is 0 Å². The zero-order valence-corrected chi connectivity index (χ0v) is 11.1. The van der Waals surface area contributed by atoms with E-state index in [1.165, 1.54) is 18.2 Å². The van der Waals surface area contributed by atoms with Crippen molar-refractivity contribution < 1.29 is 8.78 Å². The summed E-state index contributed by atoms with van der Waals surface area (Å²) >= 11 is 0. The molecule has 0 aliphatic heterocycles. The topological polar surface area (TPSA) is 12.0 Å². The van der Waals surface area contributed by atoms with Gasteiger partial charge in [0.05, 0.1) is 0 Å². The highest BCUT2D eigenvalue weighted by Crippen LogP contribution is 2.26. The van der Waals surface area contributed by atoms with Crippen molar-refractivity contribution in [2.24, 2.45) is 0 Å². The number of hydrogen-bond donors (Lipinski definition) is 1. The second kappa shape index (κ2) is 5.93. The maximum Gasteiger partial charge on any atom is 0.128 e. The molecule has 0 atom stereocenters. The summed E-state index contributed by atoms with van der Waals surface area (Å²) in [6.07, 6.45) is 0. The van der Waals surface area contributed by atoms with Gasteiger partial charge in [0, 0.05) is 12.1 Å². The first-order chi connectivity index (χ1) is 9.11. The maximum atomic E-state index is 14.0. The van der Waals surface area contributed by atoms with Crippen LogP contribution in [0.4, 0.5) is 8.78 Å². The fourth-order valence-electron chi connectivity index (χ4n) is 2.02. The fourth-order valence-corrected chi connectivity index (χ4v) is 2.02. The van der Waals surface area contributed by atoms with Crippen molar-refractivity contribution >= 4 is 0 Å². The number of aryl methyl sites for hydroxylation is 1. The molecule has 0 fully saturated rings. The number of nitrogens with one attached hydrogen (secondary N) is 1. The molecule has 2 aromatic rings. The molecule has 0 radical (unpaired) electrons. The van der Waals surface area contributed by atoms with Crippen LogP contribution >= 0.6 is 0 Å². The van der Waals surface area contributed by atoms with Gasteiger partial charge in [0.25, 0.3) is 0 Å². The van der Waals surface area contributed by atoms with E-state index in [0.29, 0.717) is 17.7 Å². The summed E-state index contributed by atoms with van der Waals surface area (Å²) in [6.45, 7) is 5.16. The number of rotatable bonds is 4. The molecule has 2 rings (SSSR count). The summed E-state index contributed by atoms with van der Waals surface area (Å²) in [6, 6.07) is 9.60. The molecule has 1 N–H and O–H groups in total. The average molecular weight is 261 g/mol. The Morgan fingerprint density at radius 3 is 2.53 bits per heavy atom. The number of hydrogen-bond acceptors (Lipinski definition) is 1. The van der Waals surface area contributed by atoms with Crippen LogP contribution in [0.3, 0.4) is 0 Å². The lowest BCUT2D eigenvalue weighted by molar-refractivity contribution is 0.594. The largest absolute Gasteiger partial charge is 0.313 e. The molecule has 1 nitrogen and oxygen atoms in total. The molecule has 0 spiro atoms. The molecule has 0 aromatic heterocycles. The van der Waals surface area contributed by atoms with Gasteiger partial charge in [-0.1, -0.05) is 25.1 Å². The Hall–Kier alpha value is -1.74. The van der Waals surface area contributed by atoms with E-state index in [2.05, 4.69) is 5.32 Å². The monoisotopic (exact) mass is 261 g/mol. The summed E-state index contributed by atoms with van der Waals surface area (Å²) in [5.41, 5.74) is 2.99. The van der Waals surface area contributed by atoms with Gasteiger partial charge in [-0.2, -0.15) is 0 Å². The summed E-state index contributed by atoms with van der Waals surface area (Å²) in [4.78, 5) is 0. The first-order valence-electron chi connectivity index (χ1n) is 6.37. The highest BCUT2D eigenvalue weighted by Gasteiger charge is 2.07. The summed E-state index contributed by atoms with van der Waals surface area (Å²) in [5.74, 6) is -0.570. The van der Waals surface area contributed by atoms with Crippen LogP contribution in [0.2, 0.25) is 0 Å². The maximum absolute atomic E-state index is 14.0. The minimum absolute atomic E-state index is 0.262. The average Bonchev–Trinajstić information content (AvgIpc) is 2.40. The molecule has 0 bridgehead atoms. The van der Waals surface area contributed by atoms with Gasteiger partial charge in [-0.15, -0.1) is 0 Å². The molecule has 0 unspecified atom stereocenters. The SMILES string of the molecule is CCNCc1ccc(-c2cc(F)ccc2C)cc1F. The lowest BCUT2D eigenvalue weighted by Crippen LogP contribution is -2.12. The minimum atomic E-state index is -0.308. The Kier molecular flexibility index (Phi) is 4.27. The lowest BCUT2D eigenvalue weighted by atomic mass is 9.99. The van der Waals surface area contributed by atoms with Crippen LogP contribution in [0.5, 0.6) is 0 Å². The quantitative estimate of drug-likeness (QED) is 0.875. The Morgan fingerprint density at radius 1 is 1.05 bits per heavy atom. The van der Waals surface area contributed by atoms with Crippen molar-refractivity contribution in [1.29, 1.82) is 0 Å². The molecule has 0 aliphatic rings. The zero-order valence-electron chi connectivity index (χ0n) is 11.1. The van der Waals surface area contributed by atoms with Crippen LogP contribution in [0.1, 0.15) is 18.1 Å². The van der Waals surface area contributed by atoms with Gasteiger partial charge in [-0.05, 0) is 48.4 Å². The van der Waals surface area contributed by atoms with Gasteiger partial charge in [-0.25, -0.2) is 8.78 Å². The van der Waals surface area contributed by atoms with E-state index in [1.54, 1.807) is 12.1 Å². The van der Waals surface area contributed by atoms with E-state index >= 15 is 0 Å². The van der Waals surface area contributed by atoms with Crippen LogP contribution in [-0.4, -0.2) is 6.54 Å². The van der Waals surface area contributed by atoms with Crippen LogP contribution < -0.4 is 5.32 Å². The van der Waals surface area contributed by atoms with E-state index in [0.717, 1.165) is 17.7 Å². The van der Waals surface area contributed by atoms with Crippen molar-refractivity contribution in [3.05, 3.63) is 59.2 Å². The third-order valence-electron chi connectivity index (χ3n) is 3.13. The van der Waals surface area contributed by atoms with Crippen molar-refractivity contribution in [1.82, 2.24) is 5.32 Å². The Morgan fingerprint density at radius 2 is 1.84 bits per heavy atom. The summed E-state index contributed by atoms with van der Waals surface area (Å²) in [7, 11) is 0. The molecule has 0 heterocycles. The molecule has 0 saturated carbocycles. The Balaban J connectivity index is 2.36. The van der Waals surface area contributed by atoms with E-state index in [4.69, 9.17) is 0 Å². The van der Waals surface area contributed by atoms with E-state index in [-0.39, 0.29) is 11.6 Å². The number of benzene rings is 2. The first-order valence-corrected chi connectivity index (χ1v) is 6.37. The molecule has 100 valence electrons. The van der Waals surface area contributed by atoms with Crippen LogP contribution in [0.15, 0.2) is 36.4 Å². The van der Waals surface area contributed by atoms with Crippen LogP contribution in [-0.2, 0) is 6.54 Å². The Labute approximate surface area is 112 Å². The second-order valence-electron chi connectivity index (χ2n) is 4.55. The Bertz CT molecular complexity index is 579. The predicted octanol–water partition coefficient (Wildman–Crippen LogP) is 4.05. The number of halogens is 2.